The smallest absolute Gasteiger partial charge is 0.272 e. The average Bonchev–Trinajstić information content (AvgIpc) is 2.99. The van der Waals surface area contributed by atoms with Crippen molar-refractivity contribution >= 4 is 33.4 Å². The lowest BCUT2D eigenvalue weighted by atomic mass is 9.77. The molecule has 5 aliphatic rings. The Morgan fingerprint density at radius 1 is 1.21 bits per heavy atom. The molecule has 1 spiro atoms. The highest BCUT2D eigenvalue weighted by Gasteiger charge is 2.69. The first-order valence-corrected chi connectivity index (χ1v) is 12.6. The SMILES string of the molecule is COc1ccc([C@@H]2SS[C@@]34C[C@]5(O)C=C[C@@H](O)[C@@H](O)[C@@H]5ON3C(=O)[C@@H]2N(C)C4=O)c(O)c1OC. The standard InChI is InChI=1S/C21H24N2O9S2/c1-22-12-16(9-4-5-11(30-2)15(31-3)13(9)25)33-34-21(19(22)28)8-20(29)7-6-10(24)14(26)17(20)32-23(21)18(12)27/h4-7,10,12,14,16-17,24-26,29H,8H2,1-3H3/t10-,12-,14-,16+,17+,20-,21-/m1/s1. The number of methoxy groups -OCH3 is 2. The minimum absolute atomic E-state index is 0.0977. The number of phenolic OH excluding ortho intramolecular Hbond substituents is 1. The van der Waals surface area contributed by atoms with Gasteiger partial charge < -0.3 is 34.8 Å². The van der Waals surface area contributed by atoms with Gasteiger partial charge in [-0.25, -0.2) is 0 Å². The number of carbonyl (C=O) groups excluding carboxylic acids is 2. The maximum absolute atomic E-state index is 13.7. The number of likely N-dealkylation sites (N-methyl/N-ethyl adjacent to an activating group) is 1. The third-order valence-corrected chi connectivity index (χ3v) is 10.1. The summed E-state index contributed by atoms with van der Waals surface area (Å²) in [6.07, 6.45) is -1.85. The number of ether oxygens (including phenoxy) is 2. The number of piperazine rings is 1. The van der Waals surface area contributed by atoms with Crippen LogP contribution in [0.1, 0.15) is 17.2 Å². The van der Waals surface area contributed by atoms with Gasteiger partial charge in [-0.05, 0) is 6.07 Å². The van der Waals surface area contributed by atoms with Crippen molar-refractivity contribution in [3.63, 3.8) is 0 Å². The number of aliphatic hydroxyl groups is 3. The molecular formula is C21H24N2O9S2. The maximum atomic E-state index is 13.7. The minimum atomic E-state index is -1.79. The first kappa shape index (κ1) is 23.6. The van der Waals surface area contributed by atoms with Gasteiger partial charge in [-0.1, -0.05) is 39.8 Å². The van der Waals surface area contributed by atoms with Crippen LogP contribution in [0.3, 0.4) is 0 Å². The van der Waals surface area contributed by atoms with E-state index in [1.807, 2.05) is 0 Å². The largest absolute Gasteiger partial charge is 0.504 e. The monoisotopic (exact) mass is 512 g/mol. The number of hydrogen-bond acceptors (Lipinski definition) is 11. The Morgan fingerprint density at radius 3 is 2.62 bits per heavy atom. The van der Waals surface area contributed by atoms with Gasteiger partial charge in [0.15, 0.2) is 11.5 Å². The Balaban J connectivity index is 1.61. The van der Waals surface area contributed by atoms with Crippen LogP contribution >= 0.6 is 21.6 Å². The Bertz CT molecular complexity index is 1090. The number of rotatable bonds is 3. The first-order chi connectivity index (χ1) is 16.1. The fraction of sp³-hybridized carbons (Fsp3) is 0.524. The Hall–Kier alpha value is -2.16. The highest BCUT2D eigenvalue weighted by Crippen LogP contribution is 2.62. The number of fused-ring (bicyclic) bond motifs is 4. The molecule has 4 N–H and O–H groups in total. The van der Waals surface area contributed by atoms with Crippen molar-refractivity contribution in [3.05, 3.63) is 29.8 Å². The molecule has 1 aromatic carbocycles. The highest BCUT2D eigenvalue weighted by molar-refractivity contribution is 8.77. The number of carbonyl (C=O) groups is 2. The Kier molecular flexibility index (Phi) is 5.50. The molecule has 2 bridgehead atoms. The molecule has 0 unspecified atom stereocenters. The zero-order valence-electron chi connectivity index (χ0n) is 18.4. The summed E-state index contributed by atoms with van der Waals surface area (Å²) in [5.41, 5.74) is -1.44. The van der Waals surface area contributed by atoms with Crippen LogP contribution in [0.15, 0.2) is 24.3 Å². The lowest BCUT2D eigenvalue weighted by Crippen LogP contribution is -2.76. The number of benzene rings is 1. The molecule has 4 fully saturated rings. The van der Waals surface area contributed by atoms with Gasteiger partial charge in [0.1, 0.15) is 30.0 Å². The van der Waals surface area contributed by atoms with Gasteiger partial charge in [0, 0.05) is 19.0 Å². The Morgan fingerprint density at radius 2 is 1.94 bits per heavy atom. The summed E-state index contributed by atoms with van der Waals surface area (Å²) < 4.78 is 10.5. The van der Waals surface area contributed by atoms with E-state index in [1.165, 1.54) is 49.1 Å². The molecule has 1 aromatic rings. The molecule has 4 aliphatic heterocycles. The van der Waals surface area contributed by atoms with Gasteiger partial charge in [0.05, 0.1) is 19.5 Å². The molecule has 4 heterocycles. The first-order valence-electron chi connectivity index (χ1n) is 10.4. The van der Waals surface area contributed by atoms with E-state index in [-0.39, 0.29) is 17.9 Å². The predicted octanol–water partition coefficient (Wildman–Crippen LogP) is -0.0624. The predicted molar refractivity (Wildman–Crippen MR) is 121 cm³/mol. The van der Waals surface area contributed by atoms with Gasteiger partial charge >= 0.3 is 0 Å². The van der Waals surface area contributed by atoms with Crippen LogP contribution in [0.4, 0.5) is 0 Å². The van der Waals surface area contributed by atoms with E-state index in [0.29, 0.717) is 11.3 Å². The van der Waals surface area contributed by atoms with E-state index in [2.05, 4.69) is 0 Å². The second kappa shape index (κ2) is 7.93. The van der Waals surface area contributed by atoms with Crippen LogP contribution in [0.2, 0.25) is 0 Å². The second-order valence-electron chi connectivity index (χ2n) is 8.65. The summed E-state index contributed by atoms with van der Waals surface area (Å²) in [6, 6.07) is 2.15. The number of aromatic hydroxyl groups is 1. The van der Waals surface area contributed by atoms with Gasteiger partial charge in [-0.2, -0.15) is 5.06 Å². The van der Waals surface area contributed by atoms with E-state index >= 15 is 0 Å². The normalized spacial score (nSPS) is 38.9. The fourth-order valence-corrected chi connectivity index (χ4v) is 8.67. The van der Waals surface area contributed by atoms with E-state index in [0.717, 1.165) is 15.9 Å². The third kappa shape index (κ3) is 3.01. The van der Waals surface area contributed by atoms with Crippen LogP contribution < -0.4 is 9.47 Å². The van der Waals surface area contributed by atoms with Crippen LogP contribution in [-0.2, 0) is 14.4 Å². The number of hydroxylamine groups is 2. The molecule has 2 amide bonds. The summed E-state index contributed by atoms with van der Waals surface area (Å²) in [4.78, 5) is 32.8. The van der Waals surface area contributed by atoms with Gasteiger partial charge in [-0.3, -0.25) is 14.4 Å². The zero-order valence-corrected chi connectivity index (χ0v) is 20.1. The van der Waals surface area contributed by atoms with Crippen molar-refractivity contribution in [2.45, 2.75) is 46.5 Å². The van der Waals surface area contributed by atoms with Crippen molar-refractivity contribution in [3.8, 4) is 17.2 Å². The molecule has 13 heteroatoms. The summed E-state index contributed by atoms with van der Waals surface area (Å²) in [7, 11) is 6.55. The molecule has 0 aromatic heterocycles. The topological polar surface area (TPSA) is 149 Å². The van der Waals surface area contributed by atoms with Crippen molar-refractivity contribution < 1.29 is 44.3 Å². The lowest BCUT2D eigenvalue weighted by Gasteiger charge is -2.56. The van der Waals surface area contributed by atoms with E-state index in [4.69, 9.17) is 14.3 Å². The van der Waals surface area contributed by atoms with Gasteiger partial charge in [-0.15, -0.1) is 0 Å². The van der Waals surface area contributed by atoms with Gasteiger partial charge in [0.2, 0.25) is 10.6 Å². The van der Waals surface area contributed by atoms with E-state index < -0.39 is 51.9 Å². The highest BCUT2D eigenvalue weighted by atomic mass is 33.1. The molecular weight excluding hydrogens is 488 g/mol. The number of amides is 2. The summed E-state index contributed by atoms with van der Waals surface area (Å²) in [6.45, 7) is 0. The fourth-order valence-electron chi connectivity index (χ4n) is 4.99. The van der Waals surface area contributed by atoms with Crippen molar-refractivity contribution in [1.29, 1.82) is 0 Å². The summed E-state index contributed by atoms with van der Waals surface area (Å²) >= 11 is 0. The van der Waals surface area contributed by atoms with Crippen LogP contribution in [0, 0.1) is 0 Å². The molecule has 0 saturated carbocycles. The van der Waals surface area contributed by atoms with Crippen molar-refractivity contribution in [2.75, 3.05) is 21.3 Å². The molecule has 4 saturated heterocycles. The van der Waals surface area contributed by atoms with Crippen molar-refractivity contribution in [2.24, 2.45) is 0 Å². The van der Waals surface area contributed by atoms with Crippen LogP contribution in [-0.4, -0.2) is 98.3 Å². The third-order valence-electron chi connectivity index (χ3n) is 6.76. The van der Waals surface area contributed by atoms with E-state index in [9.17, 15) is 30.0 Å². The van der Waals surface area contributed by atoms with Crippen molar-refractivity contribution in [1.82, 2.24) is 9.96 Å². The summed E-state index contributed by atoms with van der Waals surface area (Å²) in [5.74, 6) is -0.847. The molecule has 6 rings (SSSR count). The van der Waals surface area contributed by atoms with Crippen LogP contribution in [0.5, 0.6) is 17.2 Å². The number of hydrogen-bond donors (Lipinski definition) is 4. The van der Waals surface area contributed by atoms with Gasteiger partial charge in [0.25, 0.3) is 11.8 Å². The number of aliphatic hydroxyl groups excluding tert-OH is 2. The molecule has 11 nitrogen and oxygen atoms in total. The zero-order chi connectivity index (χ0) is 24.6. The maximum Gasteiger partial charge on any atom is 0.272 e. The molecule has 1 aliphatic carbocycles. The van der Waals surface area contributed by atoms with Crippen LogP contribution in [0.25, 0.3) is 0 Å². The lowest BCUT2D eigenvalue weighted by molar-refractivity contribution is -0.318. The Labute approximate surface area is 202 Å². The molecule has 0 radical (unpaired) electrons. The quantitative estimate of drug-likeness (QED) is 0.319. The molecule has 184 valence electrons. The second-order valence-corrected chi connectivity index (χ2v) is 11.3. The van der Waals surface area contributed by atoms with E-state index in [1.54, 1.807) is 12.1 Å². The summed E-state index contributed by atoms with van der Waals surface area (Å²) in [5, 5.41) is 42.9. The minimum Gasteiger partial charge on any atom is -0.504 e. The number of phenols is 1. The number of nitrogens with zero attached hydrogens (tertiary/aromatic N) is 2. The molecule has 7 atom stereocenters. The molecule has 34 heavy (non-hydrogen) atoms. The average molecular weight is 513 g/mol.